The van der Waals surface area contributed by atoms with E-state index < -0.39 is 0 Å². The Bertz CT molecular complexity index is 1120. The van der Waals surface area contributed by atoms with Crippen LogP contribution in [0.15, 0.2) is 42.6 Å². The van der Waals surface area contributed by atoms with Crippen LogP contribution in [0.3, 0.4) is 0 Å². The van der Waals surface area contributed by atoms with Crippen molar-refractivity contribution in [3.63, 3.8) is 0 Å². The Kier molecular flexibility index (Phi) is 6.08. The van der Waals surface area contributed by atoms with Gasteiger partial charge in [-0.15, -0.1) is 0 Å². The molecule has 31 heavy (non-hydrogen) atoms. The highest BCUT2D eigenvalue weighted by Crippen LogP contribution is 2.20. The Morgan fingerprint density at radius 2 is 1.74 bits per heavy atom. The van der Waals surface area contributed by atoms with Gasteiger partial charge < -0.3 is 10.2 Å². The number of anilines is 1. The number of rotatable bonds is 4. The molecule has 2 aromatic heterocycles. The van der Waals surface area contributed by atoms with E-state index in [1.54, 1.807) is 35.1 Å². The molecule has 0 spiro atoms. The Morgan fingerprint density at radius 3 is 2.35 bits per heavy atom. The fourth-order valence-electron chi connectivity index (χ4n) is 3.59. The minimum absolute atomic E-state index is 0.0465. The first-order valence-electron chi connectivity index (χ1n) is 10.2. The summed E-state index contributed by atoms with van der Waals surface area (Å²) in [6, 6.07) is 10.9. The van der Waals surface area contributed by atoms with Crippen LogP contribution in [0, 0.1) is 20.8 Å². The van der Waals surface area contributed by atoms with Crippen molar-refractivity contribution >= 4 is 29.3 Å². The molecule has 0 saturated carbocycles. The molecule has 1 N–H and O–H groups in total. The molecule has 2 amide bonds. The molecule has 0 bridgehead atoms. The maximum atomic E-state index is 12.7. The van der Waals surface area contributed by atoms with E-state index in [0.29, 0.717) is 22.6 Å². The summed E-state index contributed by atoms with van der Waals surface area (Å²) in [5, 5.41) is 7.33. The highest BCUT2D eigenvalue weighted by molar-refractivity contribution is 7.99. The van der Waals surface area contributed by atoms with Gasteiger partial charge in [-0.05, 0) is 62.7 Å². The Labute approximate surface area is 185 Å². The van der Waals surface area contributed by atoms with Crippen LogP contribution < -0.4 is 5.32 Å². The zero-order valence-corrected chi connectivity index (χ0v) is 18.7. The molecule has 0 radical (unpaired) electrons. The monoisotopic (exact) mass is 435 g/mol. The van der Waals surface area contributed by atoms with Gasteiger partial charge >= 0.3 is 0 Å². The first-order chi connectivity index (χ1) is 14.9. The zero-order chi connectivity index (χ0) is 22.0. The Morgan fingerprint density at radius 1 is 1.00 bits per heavy atom. The first kappa shape index (κ1) is 21.1. The van der Waals surface area contributed by atoms with E-state index in [4.69, 9.17) is 0 Å². The third kappa shape index (κ3) is 4.64. The average Bonchev–Trinajstić information content (AvgIpc) is 3.13. The maximum absolute atomic E-state index is 12.7. The molecule has 1 saturated heterocycles. The average molecular weight is 436 g/mol. The number of pyridine rings is 1. The van der Waals surface area contributed by atoms with Crippen LogP contribution in [-0.2, 0) is 0 Å². The maximum Gasteiger partial charge on any atom is 0.257 e. The van der Waals surface area contributed by atoms with Crippen molar-refractivity contribution in [1.29, 1.82) is 0 Å². The summed E-state index contributed by atoms with van der Waals surface area (Å²) in [7, 11) is 0. The highest BCUT2D eigenvalue weighted by atomic mass is 32.2. The largest absolute Gasteiger partial charge is 0.337 e. The molecule has 160 valence electrons. The lowest BCUT2D eigenvalue weighted by Gasteiger charge is -2.26. The van der Waals surface area contributed by atoms with E-state index in [9.17, 15) is 9.59 Å². The van der Waals surface area contributed by atoms with Crippen LogP contribution in [0.2, 0.25) is 0 Å². The van der Waals surface area contributed by atoms with Crippen molar-refractivity contribution in [2.24, 2.45) is 0 Å². The van der Waals surface area contributed by atoms with Crippen molar-refractivity contribution in [2.75, 3.05) is 29.9 Å². The minimum atomic E-state index is -0.248. The Hall–Kier alpha value is -3.13. The number of benzene rings is 1. The molecule has 4 rings (SSSR count). The van der Waals surface area contributed by atoms with Gasteiger partial charge in [-0.2, -0.15) is 16.9 Å². The number of thioether (sulfide) groups is 1. The van der Waals surface area contributed by atoms with E-state index in [0.717, 1.165) is 41.5 Å². The van der Waals surface area contributed by atoms with E-state index >= 15 is 0 Å². The quantitative estimate of drug-likeness (QED) is 0.677. The molecule has 3 heterocycles. The van der Waals surface area contributed by atoms with Gasteiger partial charge in [0, 0.05) is 47.7 Å². The van der Waals surface area contributed by atoms with Gasteiger partial charge in [-0.25, -0.2) is 9.67 Å². The third-order valence-electron chi connectivity index (χ3n) is 5.26. The van der Waals surface area contributed by atoms with Gasteiger partial charge in [0.2, 0.25) is 0 Å². The molecule has 0 unspecified atom stereocenters. The van der Waals surface area contributed by atoms with E-state index in [2.05, 4.69) is 15.4 Å². The molecule has 0 atom stereocenters. The molecular weight excluding hydrogens is 410 g/mol. The van der Waals surface area contributed by atoms with Crippen LogP contribution >= 0.6 is 11.8 Å². The van der Waals surface area contributed by atoms with Crippen molar-refractivity contribution in [3.8, 4) is 5.82 Å². The number of aryl methyl sites for hydroxylation is 3. The number of aromatic nitrogens is 3. The van der Waals surface area contributed by atoms with Gasteiger partial charge in [0.25, 0.3) is 11.8 Å². The molecule has 0 aliphatic carbocycles. The van der Waals surface area contributed by atoms with Crippen LogP contribution in [0.25, 0.3) is 5.82 Å². The van der Waals surface area contributed by atoms with Gasteiger partial charge in [0.15, 0.2) is 5.82 Å². The second-order valence-electron chi connectivity index (χ2n) is 7.63. The minimum Gasteiger partial charge on any atom is -0.337 e. The van der Waals surface area contributed by atoms with E-state index in [1.165, 1.54) is 0 Å². The number of carbonyl (C=O) groups excluding carboxylic acids is 2. The first-order valence-corrected chi connectivity index (χ1v) is 11.4. The Balaban J connectivity index is 1.45. The second kappa shape index (κ2) is 8.93. The number of hydrogen-bond acceptors (Lipinski definition) is 5. The smallest absolute Gasteiger partial charge is 0.257 e. The van der Waals surface area contributed by atoms with E-state index in [-0.39, 0.29) is 11.8 Å². The van der Waals surface area contributed by atoms with Crippen molar-refractivity contribution in [1.82, 2.24) is 19.7 Å². The SMILES string of the molecule is Cc1cc(C)n(-c2ccc(C(=O)Nc3ccc(C(=O)N4CCSCC4)cc3C)cn2)n1. The molecule has 1 aliphatic heterocycles. The number of amides is 2. The molecular formula is C23H25N5O2S. The summed E-state index contributed by atoms with van der Waals surface area (Å²) in [6.07, 6.45) is 1.54. The van der Waals surface area contributed by atoms with Gasteiger partial charge in [0.05, 0.1) is 11.3 Å². The second-order valence-corrected chi connectivity index (χ2v) is 8.86. The fourth-order valence-corrected chi connectivity index (χ4v) is 4.49. The van der Waals surface area contributed by atoms with Crippen molar-refractivity contribution in [3.05, 3.63) is 70.7 Å². The summed E-state index contributed by atoms with van der Waals surface area (Å²) < 4.78 is 1.75. The van der Waals surface area contributed by atoms with Crippen LogP contribution in [-0.4, -0.2) is 56.1 Å². The molecule has 1 aromatic carbocycles. The predicted octanol–water partition coefficient (Wildman–Crippen LogP) is 3.63. The molecule has 1 aliphatic rings. The number of nitrogens with one attached hydrogen (secondary N) is 1. The number of nitrogens with zero attached hydrogens (tertiary/aromatic N) is 4. The summed E-state index contributed by atoms with van der Waals surface area (Å²) in [5.41, 5.74) is 4.53. The lowest BCUT2D eigenvalue weighted by atomic mass is 10.1. The van der Waals surface area contributed by atoms with Crippen molar-refractivity contribution < 1.29 is 9.59 Å². The van der Waals surface area contributed by atoms with E-state index in [1.807, 2.05) is 49.6 Å². The fraction of sp³-hybridized carbons (Fsp3) is 0.304. The number of carbonyl (C=O) groups is 2. The standard InChI is InChI=1S/C23H25N5O2S/c1-15-12-18(23(30)27-8-10-31-11-9-27)4-6-20(15)25-22(29)19-5-7-21(24-14-19)28-17(3)13-16(2)26-28/h4-7,12-14H,8-11H2,1-3H3,(H,25,29). The predicted molar refractivity (Wildman–Crippen MR) is 123 cm³/mol. The highest BCUT2D eigenvalue weighted by Gasteiger charge is 2.19. The van der Waals surface area contributed by atoms with Crippen LogP contribution in [0.4, 0.5) is 5.69 Å². The van der Waals surface area contributed by atoms with Crippen LogP contribution in [0.5, 0.6) is 0 Å². The summed E-state index contributed by atoms with van der Waals surface area (Å²) in [6.45, 7) is 7.34. The zero-order valence-electron chi connectivity index (χ0n) is 17.9. The summed E-state index contributed by atoms with van der Waals surface area (Å²) >= 11 is 1.87. The lowest BCUT2D eigenvalue weighted by molar-refractivity contribution is 0.0772. The molecule has 1 fully saturated rings. The van der Waals surface area contributed by atoms with Crippen LogP contribution in [0.1, 0.15) is 37.7 Å². The topological polar surface area (TPSA) is 80.1 Å². The molecule has 3 aromatic rings. The normalized spacial score (nSPS) is 13.8. The molecule has 7 nitrogen and oxygen atoms in total. The van der Waals surface area contributed by atoms with Crippen molar-refractivity contribution in [2.45, 2.75) is 20.8 Å². The van der Waals surface area contributed by atoms with Gasteiger partial charge in [-0.3, -0.25) is 9.59 Å². The number of hydrogen-bond donors (Lipinski definition) is 1. The summed E-state index contributed by atoms with van der Waals surface area (Å²) in [4.78, 5) is 31.7. The summed E-state index contributed by atoms with van der Waals surface area (Å²) in [5.74, 6) is 2.42. The van der Waals surface area contributed by atoms with Gasteiger partial charge in [0.1, 0.15) is 0 Å². The van der Waals surface area contributed by atoms with Gasteiger partial charge in [-0.1, -0.05) is 0 Å². The third-order valence-corrected chi connectivity index (χ3v) is 6.20. The lowest BCUT2D eigenvalue weighted by Crippen LogP contribution is -2.37. The molecule has 8 heteroatoms.